The Kier molecular flexibility index (Phi) is 6.18. The third kappa shape index (κ3) is 3.94. The van der Waals surface area contributed by atoms with Crippen molar-refractivity contribution in [2.24, 2.45) is 0 Å². The van der Waals surface area contributed by atoms with Crippen molar-refractivity contribution in [1.29, 1.82) is 0 Å². The van der Waals surface area contributed by atoms with E-state index in [2.05, 4.69) is 119 Å². The number of benzene rings is 3. The molecule has 234 valence electrons. The fraction of sp³-hybridized carbons (Fsp3) is 0.114. The van der Waals surface area contributed by atoms with E-state index >= 15 is 0 Å². The Morgan fingerprint density at radius 2 is 1.51 bits per heavy atom. The van der Waals surface area contributed by atoms with Crippen LogP contribution in [-0.4, -0.2) is 16.6 Å². The molecule has 0 aliphatic heterocycles. The molecule has 10 rings (SSSR count). The topological polar surface area (TPSA) is 50.3 Å². The number of rotatable bonds is 4. The van der Waals surface area contributed by atoms with Crippen molar-refractivity contribution in [3.05, 3.63) is 183 Å². The first-order chi connectivity index (χ1) is 24.1. The van der Waals surface area contributed by atoms with Gasteiger partial charge in [-0.05, 0) is 125 Å². The van der Waals surface area contributed by atoms with Crippen LogP contribution < -0.4 is 4.90 Å². The van der Waals surface area contributed by atoms with Crippen molar-refractivity contribution in [1.82, 2.24) is 4.98 Å². The smallest absolute Gasteiger partial charge is 0.216 e. The lowest BCUT2D eigenvalue weighted by atomic mass is 9.68. The van der Waals surface area contributed by atoms with E-state index in [-0.39, 0.29) is 22.8 Å². The first-order valence-electron chi connectivity index (χ1n) is 16.9. The summed E-state index contributed by atoms with van der Waals surface area (Å²) in [5.74, 6) is -0.540. The van der Waals surface area contributed by atoms with Crippen LogP contribution in [0.4, 0.5) is 17.1 Å². The van der Waals surface area contributed by atoms with Crippen LogP contribution in [0.25, 0.3) is 16.5 Å². The summed E-state index contributed by atoms with van der Waals surface area (Å²) in [6.07, 6.45) is 17.1. The van der Waals surface area contributed by atoms with E-state index in [1.54, 1.807) is 35.7 Å². The minimum atomic E-state index is -0.473. The third-order valence-electron chi connectivity index (χ3n) is 10.6. The molecule has 0 saturated carbocycles. The summed E-state index contributed by atoms with van der Waals surface area (Å²) in [6.45, 7) is 0. The standard InChI is InChI=1S/C44H30N2O2S/c47-41-34-18-11-23-45-40(34)42(48)35(41)25-30-26-39-43(49-30)33-22-21-29(46(27-12-3-1-4-13-27)28-14-5-2-6-15-28)24-38(33)44(39)36-19-9-7-16-31(36)32-17-8-10-20-37(32)44/h1-6,9,11-15,17-26H,7-8,10,16H2/b35-25+. The van der Waals surface area contributed by atoms with E-state index < -0.39 is 5.41 Å². The molecule has 1 unspecified atom stereocenters. The van der Waals surface area contributed by atoms with Gasteiger partial charge in [-0.2, -0.15) is 0 Å². The zero-order valence-corrected chi connectivity index (χ0v) is 27.5. The van der Waals surface area contributed by atoms with Gasteiger partial charge in [0, 0.05) is 33.0 Å². The van der Waals surface area contributed by atoms with Gasteiger partial charge < -0.3 is 4.90 Å². The summed E-state index contributed by atoms with van der Waals surface area (Å²) in [5, 5.41) is 0. The van der Waals surface area contributed by atoms with Crippen molar-refractivity contribution >= 4 is 46.0 Å². The minimum Gasteiger partial charge on any atom is -0.310 e. The molecule has 0 saturated heterocycles. The number of nitrogens with zero attached hydrogens (tertiary/aromatic N) is 2. The summed E-state index contributed by atoms with van der Waals surface area (Å²) in [6, 6.07) is 33.7. The van der Waals surface area contributed by atoms with Gasteiger partial charge in [0.1, 0.15) is 5.69 Å². The molecule has 0 radical (unpaired) electrons. The number of carbonyl (C=O) groups excluding carboxylic acids is 2. The molecule has 49 heavy (non-hydrogen) atoms. The molecule has 1 atom stereocenters. The summed E-state index contributed by atoms with van der Waals surface area (Å²) < 4.78 is 0. The highest BCUT2D eigenvalue weighted by Crippen LogP contribution is 2.67. The molecule has 0 bridgehead atoms. The van der Waals surface area contributed by atoms with E-state index in [1.165, 1.54) is 43.9 Å². The molecule has 5 aromatic rings. The maximum absolute atomic E-state index is 13.4. The number of pyridine rings is 1. The van der Waals surface area contributed by atoms with Crippen molar-refractivity contribution in [3.8, 4) is 10.4 Å². The largest absolute Gasteiger partial charge is 0.310 e. The number of Topliss-reactive ketones (excluding diaryl/α,β-unsaturated/α-hetero) is 2. The van der Waals surface area contributed by atoms with Crippen LogP contribution in [-0.2, 0) is 5.41 Å². The maximum Gasteiger partial charge on any atom is 0.216 e. The second-order valence-corrected chi connectivity index (χ2v) is 14.2. The predicted molar refractivity (Wildman–Crippen MR) is 197 cm³/mol. The average molecular weight is 651 g/mol. The van der Waals surface area contributed by atoms with Gasteiger partial charge in [-0.25, -0.2) is 0 Å². The zero-order valence-electron chi connectivity index (χ0n) is 26.6. The third-order valence-corrected chi connectivity index (χ3v) is 11.7. The molecule has 0 amide bonds. The molecule has 5 aliphatic carbocycles. The van der Waals surface area contributed by atoms with E-state index in [4.69, 9.17) is 0 Å². The van der Waals surface area contributed by atoms with Crippen LogP contribution in [0, 0.1) is 0 Å². The quantitative estimate of drug-likeness (QED) is 0.143. The molecular weight excluding hydrogens is 621 g/mol. The van der Waals surface area contributed by atoms with Gasteiger partial charge in [0.05, 0.1) is 16.6 Å². The van der Waals surface area contributed by atoms with Crippen LogP contribution >= 0.6 is 11.3 Å². The fourth-order valence-electron chi connectivity index (χ4n) is 8.64. The Labute approximate surface area is 288 Å². The Bertz CT molecular complexity index is 2350. The van der Waals surface area contributed by atoms with Crippen LogP contribution in [0.2, 0.25) is 0 Å². The van der Waals surface area contributed by atoms with Crippen LogP contribution in [0.1, 0.15) is 62.5 Å². The fourth-order valence-corrected chi connectivity index (χ4v) is 9.84. The Hall–Kier alpha value is -5.65. The van der Waals surface area contributed by atoms with E-state index in [0.717, 1.165) is 47.6 Å². The van der Waals surface area contributed by atoms with Gasteiger partial charge >= 0.3 is 0 Å². The van der Waals surface area contributed by atoms with Gasteiger partial charge in [-0.15, -0.1) is 11.3 Å². The number of thiophene rings is 1. The number of para-hydroxylation sites is 2. The van der Waals surface area contributed by atoms with E-state index in [9.17, 15) is 9.59 Å². The number of aromatic nitrogens is 1. The molecule has 3 aromatic carbocycles. The molecular formula is C44H30N2O2S. The summed E-state index contributed by atoms with van der Waals surface area (Å²) in [4.78, 5) is 35.4. The second-order valence-electron chi connectivity index (χ2n) is 13.1. The predicted octanol–water partition coefficient (Wildman–Crippen LogP) is 10.6. The van der Waals surface area contributed by atoms with Crippen LogP contribution in [0.15, 0.2) is 155 Å². The number of allylic oxidation sites excluding steroid dienone is 9. The molecule has 2 aromatic heterocycles. The highest BCUT2D eigenvalue weighted by atomic mass is 32.1. The number of fused-ring (bicyclic) bond motifs is 10. The van der Waals surface area contributed by atoms with Gasteiger partial charge in [0.2, 0.25) is 5.78 Å². The highest BCUT2D eigenvalue weighted by molar-refractivity contribution is 7.16. The molecule has 0 N–H and O–H groups in total. The number of hydrogen-bond acceptors (Lipinski definition) is 5. The SMILES string of the molecule is O=C1/C(=C\c2cc3c(s2)-c2ccc(N(c4ccccc4)c4ccccc4)cc2C32C3=CCCC=C3C3=C2C=CCC3)C(=O)c2ncccc21. The van der Waals surface area contributed by atoms with Crippen molar-refractivity contribution < 1.29 is 9.59 Å². The lowest BCUT2D eigenvalue weighted by Gasteiger charge is -2.34. The zero-order chi connectivity index (χ0) is 32.7. The lowest BCUT2D eigenvalue weighted by molar-refractivity contribution is 0.0989. The normalized spacial score (nSPS) is 20.6. The number of hydrogen-bond donors (Lipinski definition) is 0. The Balaban J connectivity index is 1.21. The van der Waals surface area contributed by atoms with E-state index in [1.807, 2.05) is 0 Å². The lowest BCUT2D eigenvalue weighted by Crippen LogP contribution is -2.27. The van der Waals surface area contributed by atoms with Gasteiger partial charge in [0.25, 0.3) is 0 Å². The number of carbonyl (C=O) groups is 2. The van der Waals surface area contributed by atoms with Gasteiger partial charge in [-0.1, -0.05) is 66.8 Å². The monoisotopic (exact) mass is 650 g/mol. The Morgan fingerprint density at radius 3 is 2.29 bits per heavy atom. The molecule has 2 heterocycles. The van der Waals surface area contributed by atoms with Gasteiger partial charge in [-0.3, -0.25) is 14.6 Å². The summed E-state index contributed by atoms with van der Waals surface area (Å²) >= 11 is 1.67. The van der Waals surface area contributed by atoms with Crippen molar-refractivity contribution in [2.45, 2.75) is 31.1 Å². The Morgan fingerprint density at radius 1 is 0.735 bits per heavy atom. The second kappa shape index (κ2) is 10.7. The molecule has 4 nitrogen and oxygen atoms in total. The van der Waals surface area contributed by atoms with Gasteiger partial charge in [0.15, 0.2) is 5.78 Å². The number of anilines is 3. The molecule has 5 heteroatoms. The summed E-state index contributed by atoms with van der Waals surface area (Å²) in [5.41, 5.74) is 13.0. The first kappa shape index (κ1) is 28.4. The van der Waals surface area contributed by atoms with E-state index in [0.29, 0.717) is 5.56 Å². The maximum atomic E-state index is 13.4. The highest BCUT2D eigenvalue weighted by Gasteiger charge is 2.55. The average Bonchev–Trinajstić information content (AvgIpc) is 3.85. The molecule has 0 fully saturated rings. The van der Waals surface area contributed by atoms with Crippen LogP contribution in [0.5, 0.6) is 0 Å². The van der Waals surface area contributed by atoms with Crippen LogP contribution in [0.3, 0.4) is 0 Å². The first-order valence-corrected chi connectivity index (χ1v) is 17.7. The summed E-state index contributed by atoms with van der Waals surface area (Å²) in [7, 11) is 0. The van der Waals surface area contributed by atoms with Crippen molar-refractivity contribution in [3.63, 3.8) is 0 Å². The molecule has 5 aliphatic rings. The molecule has 1 spiro atoms. The number of ketones is 2. The van der Waals surface area contributed by atoms with Crippen molar-refractivity contribution in [2.75, 3.05) is 4.90 Å². The minimum absolute atomic E-state index is 0.195.